The zero-order chi connectivity index (χ0) is 23.4. The van der Waals surface area contributed by atoms with Crippen LogP contribution in [-0.2, 0) is 16.1 Å². The van der Waals surface area contributed by atoms with E-state index in [0.717, 1.165) is 11.1 Å². The van der Waals surface area contributed by atoms with Crippen molar-refractivity contribution in [3.8, 4) is 11.1 Å². The Morgan fingerprint density at radius 3 is 2.52 bits per heavy atom. The van der Waals surface area contributed by atoms with Gasteiger partial charge in [0, 0.05) is 23.2 Å². The predicted molar refractivity (Wildman–Crippen MR) is 132 cm³/mol. The van der Waals surface area contributed by atoms with Crippen molar-refractivity contribution in [3.63, 3.8) is 0 Å². The summed E-state index contributed by atoms with van der Waals surface area (Å²) in [6.07, 6.45) is 0. The van der Waals surface area contributed by atoms with Gasteiger partial charge in [0.2, 0.25) is 5.91 Å². The monoisotopic (exact) mass is 479 g/mol. The molecule has 0 bridgehead atoms. The van der Waals surface area contributed by atoms with E-state index in [1.165, 1.54) is 30.2 Å². The smallest absolute Gasteiger partial charge is 0.337 e. The lowest BCUT2D eigenvalue weighted by Gasteiger charge is -2.11. The van der Waals surface area contributed by atoms with Gasteiger partial charge in [-0.05, 0) is 36.8 Å². The number of anilines is 1. The number of aromatic nitrogens is 2. The first kappa shape index (κ1) is 22.8. The average Bonchev–Trinajstić information content (AvgIpc) is 3.27. The lowest BCUT2D eigenvalue weighted by atomic mass is 10.1. The summed E-state index contributed by atoms with van der Waals surface area (Å²) in [5, 5.41) is 5.25. The van der Waals surface area contributed by atoms with Crippen molar-refractivity contribution in [2.45, 2.75) is 18.6 Å². The Balaban J connectivity index is 1.54. The summed E-state index contributed by atoms with van der Waals surface area (Å²) >= 11 is 2.60. The van der Waals surface area contributed by atoms with Crippen LogP contribution in [-0.4, -0.2) is 34.3 Å². The third-order valence-corrected chi connectivity index (χ3v) is 6.90. The molecular weight excluding hydrogens is 458 g/mol. The fraction of sp³-hybridized carbons (Fsp3) is 0.167. The van der Waals surface area contributed by atoms with Gasteiger partial charge < -0.3 is 10.1 Å². The molecule has 9 heteroatoms. The number of methoxy groups -OCH3 is 1. The topological polar surface area (TPSA) is 90.3 Å². The molecule has 0 atom stereocenters. The van der Waals surface area contributed by atoms with E-state index in [4.69, 9.17) is 4.98 Å². The SMILES string of the molecule is CCn1c(SCC(=O)Nc2ccc(C(=O)OC)cc2)nc2c(-c3ccccc3)csc2c1=O. The van der Waals surface area contributed by atoms with Gasteiger partial charge in [-0.1, -0.05) is 42.1 Å². The minimum atomic E-state index is -0.439. The van der Waals surface area contributed by atoms with Gasteiger partial charge in [0.25, 0.3) is 5.56 Å². The molecule has 0 spiro atoms. The second-order valence-electron chi connectivity index (χ2n) is 7.04. The van der Waals surface area contributed by atoms with Crippen LogP contribution in [0, 0.1) is 0 Å². The van der Waals surface area contributed by atoms with Gasteiger partial charge in [-0.15, -0.1) is 11.3 Å². The van der Waals surface area contributed by atoms with Crippen molar-refractivity contribution in [1.29, 1.82) is 0 Å². The Bertz CT molecular complexity index is 1360. The van der Waals surface area contributed by atoms with E-state index in [1.807, 2.05) is 42.6 Å². The van der Waals surface area contributed by atoms with E-state index in [-0.39, 0.29) is 17.2 Å². The summed E-state index contributed by atoms with van der Waals surface area (Å²) < 4.78 is 6.87. The van der Waals surface area contributed by atoms with Crippen LogP contribution < -0.4 is 10.9 Å². The molecule has 2 aromatic carbocycles. The van der Waals surface area contributed by atoms with Crippen molar-refractivity contribution in [2.24, 2.45) is 0 Å². The highest BCUT2D eigenvalue weighted by Crippen LogP contribution is 2.32. The van der Waals surface area contributed by atoms with Crippen LogP contribution >= 0.6 is 23.1 Å². The molecule has 0 unspecified atom stereocenters. The molecule has 1 amide bonds. The van der Waals surface area contributed by atoms with Crippen molar-refractivity contribution < 1.29 is 14.3 Å². The number of nitrogens with zero attached hydrogens (tertiary/aromatic N) is 2. The van der Waals surface area contributed by atoms with Crippen LogP contribution in [0.25, 0.3) is 21.3 Å². The highest BCUT2D eigenvalue weighted by atomic mass is 32.2. The second kappa shape index (κ2) is 10.0. The molecule has 0 aliphatic heterocycles. The summed E-state index contributed by atoms with van der Waals surface area (Å²) in [7, 11) is 1.31. The number of amides is 1. The number of thioether (sulfide) groups is 1. The number of hydrogen-bond acceptors (Lipinski definition) is 7. The van der Waals surface area contributed by atoms with E-state index in [0.29, 0.717) is 33.2 Å². The van der Waals surface area contributed by atoms with Gasteiger partial charge in [-0.2, -0.15) is 0 Å². The van der Waals surface area contributed by atoms with E-state index in [9.17, 15) is 14.4 Å². The van der Waals surface area contributed by atoms with Crippen LogP contribution in [0.3, 0.4) is 0 Å². The number of hydrogen-bond donors (Lipinski definition) is 1. The van der Waals surface area contributed by atoms with Crippen molar-refractivity contribution >= 4 is 50.9 Å². The Morgan fingerprint density at radius 1 is 1.12 bits per heavy atom. The maximum Gasteiger partial charge on any atom is 0.337 e. The molecule has 168 valence electrons. The normalized spacial score (nSPS) is 10.8. The van der Waals surface area contributed by atoms with Gasteiger partial charge in [0.05, 0.1) is 23.9 Å². The zero-order valence-corrected chi connectivity index (χ0v) is 19.7. The fourth-order valence-corrected chi connectivity index (χ4v) is 5.14. The minimum absolute atomic E-state index is 0.0848. The first-order valence-electron chi connectivity index (χ1n) is 10.2. The number of rotatable bonds is 7. The van der Waals surface area contributed by atoms with Crippen LogP contribution in [0.15, 0.2) is 69.9 Å². The molecular formula is C24H21N3O4S2. The number of nitrogens with one attached hydrogen (secondary N) is 1. The van der Waals surface area contributed by atoms with Gasteiger partial charge in [0.1, 0.15) is 4.70 Å². The van der Waals surface area contributed by atoms with Crippen LogP contribution in [0.1, 0.15) is 17.3 Å². The van der Waals surface area contributed by atoms with E-state index in [1.54, 1.807) is 28.8 Å². The molecule has 4 aromatic rings. The number of fused-ring (bicyclic) bond motifs is 1. The lowest BCUT2D eigenvalue weighted by Crippen LogP contribution is -2.23. The number of esters is 1. The van der Waals surface area contributed by atoms with Gasteiger partial charge in [0.15, 0.2) is 5.16 Å². The quantitative estimate of drug-likeness (QED) is 0.236. The molecule has 0 saturated carbocycles. The summed E-state index contributed by atoms with van der Waals surface area (Å²) in [6, 6.07) is 16.3. The van der Waals surface area contributed by atoms with Gasteiger partial charge in [-0.3, -0.25) is 14.2 Å². The van der Waals surface area contributed by atoms with E-state index < -0.39 is 5.97 Å². The van der Waals surface area contributed by atoms with Crippen molar-refractivity contribution in [3.05, 3.63) is 75.9 Å². The highest BCUT2D eigenvalue weighted by Gasteiger charge is 2.17. The first-order valence-corrected chi connectivity index (χ1v) is 12.1. The van der Waals surface area contributed by atoms with Crippen LogP contribution in [0.2, 0.25) is 0 Å². The summed E-state index contributed by atoms with van der Waals surface area (Å²) in [4.78, 5) is 41.9. The third-order valence-electron chi connectivity index (χ3n) is 4.97. The van der Waals surface area contributed by atoms with Crippen molar-refractivity contribution in [1.82, 2.24) is 9.55 Å². The summed E-state index contributed by atoms with van der Waals surface area (Å²) in [6.45, 7) is 2.34. The molecule has 2 heterocycles. The molecule has 0 radical (unpaired) electrons. The summed E-state index contributed by atoms with van der Waals surface area (Å²) in [5.41, 5.74) is 3.42. The molecule has 1 N–H and O–H groups in total. The number of carbonyl (C=O) groups excluding carboxylic acids is 2. The molecule has 33 heavy (non-hydrogen) atoms. The zero-order valence-electron chi connectivity index (χ0n) is 18.0. The molecule has 0 saturated heterocycles. The molecule has 0 aliphatic rings. The average molecular weight is 480 g/mol. The first-order chi connectivity index (χ1) is 16.0. The lowest BCUT2D eigenvalue weighted by molar-refractivity contribution is -0.113. The standard InChI is InChI=1S/C24H21N3O4S2/c1-3-27-22(29)21-20(18(13-32-21)15-7-5-4-6-8-15)26-24(27)33-14-19(28)25-17-11-9-16(10-12-17)23(30)31-2/h4-13H,3,14H2,1-2H3,(H,25,28). The molecule has 0 fully saturated rings. The van der Waals surface area contributed by atoms with E-state index >= 15 is 0 Å². The Labute approximate surface area is 198 Å². The second-order valence-corrected chi connectivity index (χ2v) is 8.86. The molecule has 2 aromatic heterocycles. The predicted octanol–water partition coefficient (Wildman–Crippen LogP) is 4.66. The highest BCUT2D eigenvalue weighted by molar-refractivity contribution is 7.99. The van der Waals surface area contributed by atoms with Crippen LogP contribution in [0.4, 0.5) is 5.69 Å². The number of thiophene rings is 1. The number of ether oxygens (including phenoxy) is 1. The minimum Gasteiger partial charge on any atom is -0.465 e. The Hall–Kier alpha value is -3.43. The van der Waals surface area contributed by atoms with Crippen LogP contribution in [0.5, 0.6) is 0 Å². The Kier molecular flexibility index (Phi) is 6.90. The third kappa shape index (κ3) is 4.84. The maximum atomic E-state index is 13.1. The molecule has 7 nitrogen and oxygen atoms in total. The largest absolute Gasteiger partial charge is 0.465 e. The molecule has 4 rings (SSSR count). The van der Waals surface area contributed by atoms with E-state index in [2.05, 4.69) is 10.1 Å². The van der Waals surface area contributed by atoms with Gasteiger partial charge >= 0.3 is 5.97 Å². The maximum absolute atomic E-state index is 13.1. The van der Waals surface area contributed by atoms with Gasteiger partial charge in [-0.25, -0.2) is 9.78 Å². The number of benzene rings is 2. The molecule has 0 aliphatic carbocycles. The van der Waals surface area contributed by atoms with Crippen molar-refractivity contribution in [2.75, 3.05) is 18.2 Å². The Morgan fingerprint density at radius 2 is 1.85 bits per heavy atom. The number of carbonyl (C=O) groups is 2. The summed E-state index contributed by atoms with van der Waals surface area (Å²) in [5.74, 6) is -0.594. The fourth-order valence-electron chi connectivity index (χ4n) is 3.33.